The van der Waals surface area contributed by atoms with Gasteiger partial charge in [-0.2, -0.15) is 10.2 Å². The molecule has 5 heterocycles. The summed E-state index contributed by atoms with van der Waals surface area (Å²) in [5.41, 5.74) is 4.21. The van der Waals surface area contributed by atoms with E-state index in [1.165, 1.54) is 0 Å². The summed E-state index contributed by atoms with van der Waals surface area (Å²) in [6.45, 7) is 5.80. The van der Waals surface area contributed by atoms with Crippen molar-refractivity contribution in [3.8, 4) is 0 Å². The molecule has 0 unspecified atom stereocenters. The van der Waals surface area contributed by atoms with Crippen molar-refractivity contribution < 1.29 is 0 Å². The number of hydrogen-bond donors (Lipinski definition) is 6. The van der Waals surface area contributed by atoms with Gasteiger partial charge in [0.2, 0.25) is 0 Å². The number of rotatable bonds is 10. The van der Waals surface area contributed by atoms with Crippen molar-refractivity contribution in [2.24, 2.45) is 0 Å². The van der Waals surface area contributed by atoms with Gasteiger partial charge in [-0.15, -0.1) is 0 Å². The number of anilines is 5. The van der Waals surface area contributed by atoms with E-state index in [1.807, 2.05) is 123 Å². The Kier molecular flexibility index (Phi) is 10.0. The lowest BCUT2D eigenvalue weighted by molar-refractivity contribution is 0.471. The summed E-state index contributed by atoms with van der Waals surface area (Å²) in [4.78, 5) is 17.9. The highest BCUT2D eigenvalue weighted by atomic mass is 15.2. The Balaban J connectivity index is 0.000000168. The number of benzene rings is 2. The molecule has 0 aliphatic carbocycles. The van der Waals surface area contributed by atoms with Crippen molar-refractivity contribution in [1.82, 2.24) is 45.6 Å². The van der Waals surface area contributed by atoms with Gasteiger partial charge < -0.3 is 21.3 Å². The molecule has 0 atom stereocenters. The van der Waals surface area contributed by atoms with Crippen LogP contribution in [0, 0.1) is 13.8 Å². The Labute approximate surface area is 272 Å². The average Bonchev–Trinajstić information content (AvgIpc) is 3.68. The van der Waals surface area contributed by atoms with Crippen molar-refractivity contribution in [3.63, 3.8) is 0 Å². The van der Waals surface area contributed by atoms with Crippen molar-refractivity contribution in [2.45, 2.75) is 19.9 Å². The molecule has 47 heavy (non-hydrogen) atoms. The van der Waals surface area contributed by atoms with Gasteiger partial charge in [0.1, 0.15) is 17.5 Å². The number of hydrogen-bond acceptors (Lipinski definition) is 10. The Hall–Kier alpha value is -6.14. The SMILES string of the molecule is Cc1cc(Nc2cc(NC3CNC3)nc(/C=C/c3ccccc3)n2)n[nH]1.Cc1cc(Nc2ccnc(/C=C/c3ccccc3)n2)n[nH]1. The minimum Gasteiger partial charge on any atom is -0.365 e. The van der Waals surface area contributed by atoms with Gasteiger partial charge in [0, 0.05) is 48.9 Å². The number of nitrogens with zero attached hydrogens (tertiary/aromatic N) is 6. The topological polar surface area (TPSA) is 157 Å². The van der Waals surface area contributed by atoms with Gasteiger partial charge in [-0.3, -0.25) is 10.2 Å². The number of H-pyrrole nitrogens is 2. The van der Waals surface area contributed by atoms with Crippen LogP contribution in [0.15, 0.2) is 91.1 Å². The van der Waals surface area contributed by atoms with Gasteiger partial charge in [-0.25, -0.2) is 19.9 Å². The maximum Gasteiger partial charge on any atom is 0.156 e. The molecule has 4 aromatic heterocycles. The highest BCUT2D eigenvalue weighted by Crippen LogP contribution is 2.19. The molecule has 0 radical (unpaired) electrons. The second-order valence-corrected chi connectivity index (χ2v) is 10.9. The summed E-state index contributed by atoms with van der Waals surface area (Å²) < 4.78 is 0. The first-order valence-corrected chi connectivity index (χ1v) is 15.3. The fourth-order valence-electron chi connectivity index (χ4n) is 4.50. The average molecular weight is 625 g/mol. The van der Waals surface area contributed by atoms with Crippen LogP contribution in [-0.4, -0.2) is 59.5 Å². The molecule has 0 spiro atoms. The van der Waals surface area contributed by atoms with Crippen LogP contribution in [0.2, 0.25) is 0 Å². The van der Waals surface area contributed by atoms with E-state index in [1.54, 1.807) is 6.20 Å². The van der Waals surface area contributed by atoms with Crippen LogP contribution in [0.25, 0.3) is 24.3 Å². The molecule has 1 saturated heterocycles. The largest absolute Gasteiger partial charge is 0.365 e. The smallest absolute Gasteiger partial charge is 0.156 e. The molecule has 2 aromatic carbocycles. The zero-order valence-corrected chi connectivity index (χ0v) is 26.1. The maximum absolute atomic E-state index is 4.61. The van der Waals surface area contributed by atoms with E-state index in [-0.39, 0.29) is 0 Å². The molecule has 6 aromatic rings. The van der Waals surface area contributed by atoms with Gasteiger partial charge in [0.25, 0.3) is 0 Å². The molecule has 0 saturated carbocycles. The highest BCUT2D eigenvalue weighted by Gasteiger charge is 2.17. The second-order valence-electron chi connectivity index (χ2n) is 10.9. The zero-order chi connectivity index (χ0) is 32.3. The molecule has 236 valence electrons. The van der Waals surface area contributed by atoms with Gasteiger partial charge >= 0.3 is 0 Å². The lowest BCUT2D eigenvalue weighted by Gasteiger charge is -2.28. The summed E-state index contributed by atoms with van der Waals surface area (Å²) in [6, 6.07) is 28.1. The summed E-state index contributed by atoms with van der Waals surface area (Å²) >= 11 is 0. The van der Waals surface area contributed by atoms with Crippen LogP contribution in [0.1, 0.15) is 34.2 Å². The van der Waals surface area contributed by atoms with Gasteiger partial charge in [0.15, 0.2) is 23.3 Å². The zero-order valence-electron chi connectivity index (χ0n) is 26.1. The third kappa shape index (κ3) is 9.42. The predicted octanol–water partition coefficient (Wildman–Crippen LogP) is 6.23. The Morgan fingerprint density at radius 3 is 1.70 bits per heavy atom. The molecule has 1 aliphatic heterocycles. The van der Waals surface area contributed by atoms with Crippen molar-refractivity contribution in [2.75, 3.05) is 29.0 Å². The number of aromatic nitrogens is 8. The van der Waals surface area contributed by atoms with E-state index in [4.69, 9.17) is 0 Å². The monoisotopic (exact) mass is 624 g/mol. The Bertz CT molecular complexity index is 1920. The fourth-order valence-corrected chi connectivity index (χ4v) is 4.50. The minimum atomic E-state index is 0.399. The normalized spacial score (nSPS) is 12.8. The molecule has 0 amide bonds. The van der Waals surface area contributed by atoms with Crippen molar-refractivity contribution >= 4 is 53.4 Å². The number of nitrogens with one attached hydrogen (secondary N) is 6. The quantitative estimate of drug-likeness (QED) is 0.103. The van der Waals surface area contributed by atoms with E-state index in [2.05, 4.69) is 61.6 Å². The van der Waals surface area contributed by atoms with E-state index in [0.717, 1.165) is 53.1 Å². The standard InChI is InChI=1S/C19H21N7.C16H15N5/c1-13-9-19(26-25-13)24-18-10-17(21-15-11-20-12-15)22-16(23-18)8-7-14-5-3-2-4-6-14;1-12-11-16(21-20-12)19-15-9-10-17-14(18-15)8-7-13-5-3-2-4-6-13/h2-10,15,20H,11-12H2,1H3,(H3,21,22,23,24,25,26);2-11H,1H3,(H2,17,18,19,20,21)/b2*8-7+. The molecular formula is C35H36N12. The van der Waals surface area contributed by atoms with E-state index in [0.29, 0.717) is 29.3 Å². The maximum atomic E-state index is 4.61. The van der Waals surface area contributed by atoms with Crippen LogP contribution in [-0.2, 0) is 0 Å². The molecule has 1 aliphatic rings. The first-order valence-electron chi connectivity index (χ1n) is 15.3. The van der Waals surface area contributed by atoms with Gasteiger partial charge in [0.05, 0.1) is 6.04 Å². The second kappa shape index (κ2) is 15.2. The van der Waals surface area contributed by atoms with Gasteiger partial charge in [-0.1, -0.05) is 72.8 Å². The van der Waals surface area contributed by atoms with Gasteiger partial charge in [-0.05, 0) is 43.2 Å². The highest BCUT2D eigenvalue weighted by molar-refractivity contribution is 5.69. The van der Waals surface area contributed by atoms with E-state index >= 15 is 0 Å². The minimum absolute atomic E-state index is 0.399. The summed E-state index contributed by atoms with van der Waals surface area (Å²) in [6.07, 6.45) is 9.51. The molecule has 1 fully saturated rings. The number of aromatic amines is 2. The van der Waals surface area contributed by atoms with Crippen LogP contribution in [0.4, 0.5) is 29.1 Å². The van der Waals surface area contributed by atoms with E-state index < -0.39 is 0 Å². The lowest BCUT2D eigenvalue weighted by atomic mass is 10.2. The fraction of sp³-hybridized carbons (Fsp3) is 0.143. The molecule has 6 N–H and O–H groups in total. The van der Waals surface area contributed by atoms with Crippen LogP contribution < -0.4 is 21.3 Å². The third-order valence-electron chi connectivity index (χ3n) is 6.92. The summed E-state index contributed by atoms with van der Waals surface area (Å²) in [5.74, 6) is 4.98. The van der Waals surface area contributed by atoms with Crippen LogP contribution in [0.5, 0.6) is 0 Å². The Morgan fingerprint density at radius 2 is 1.15 bits per heavy atom. The van der Waals surface area contributed by atoms with Crippen LogP contribution in [0.3, 0.4) is 0 Å². The predicted molar refractivity (Wildman–Crippen MR) is 188 cm³/mol. The van der Waals surface area contributed by atoms with Crippen molar-refractivity contribution in [3.05, 3.63) is 125 Å². The molecule has 7 rings (SSSR count). The first kappa shape index (κ1) is 30.9. The van der Waals surface area contributed by atoms with Crippen molar-refractivity contribution in [1.29, 1.82) is 0 Å². The first-order chi connectivity index (χ1) is 23.0. The molecule has 0 bridgehead atoms. The summed E-state index contributed by atoms with van der Waals surface area (Å²) in [5, 5.41) is 27.2. The molecule has 12 nitrogen and oxygen atoms in total. The third-order valence-corrected chi connectivity index (χ3v) is 6.92. The number of aryl methyl sites for hydroxylation is 2. The molecular weight excluding hydrogens is 588 g/mol. The molecule has 12 heteroatoms. The lowest BCUT2D eigenvalue weighted by Crippen LogP contribution is -2.51. The Morgan fingerprint density at radius 1 is 0.596 bits per heavy atom. The van der Waals surface area contributed by atoms with E-state index in [9.17, 15) is 0 Å². The summed E-state index contributed by atoms with van der Waals surface area (Å²) in [7, 11) is 0. The van der Waals surface area contributed by atoms with Crippen LogP contribution >= 0.6 is 0 Å².